The van der Waals surface area contributed by atoms with Gasteiger partial charge in [0, 0.05) is 6.07 Å². The van der Waals surface area contributed by atoms with Crippen LogP contribution in [0.25, 0.3) is 12.2 Å². The van der Waals surface area contributed by atoms with E-state index in [2.05, 4.69) is 0 Å². The average molecular weight is 353 g/mol. The quantitative estimate of drug-likeness (QED) is 0.341. The second-order valence-corrected chi connectivity index (χ2v) is 5.37. The molecule has 0 fully saturated rings. The minimum atomic E-state index is -0.730. The number of phenols is 2. The smallest absolute Gasteiger partial charge is 0.311 e. The Kier molecular flexibility index (Phi) is 6.00. The first-order valence-corrected chi connectivity index (χ1v) is 7.53. The highest BCUT2D eigenvalue weighted by Gasteiger charge is 2.12. The number of carbonyl (C=O) groups is 2. The van der Waals surface area contributed by atoms with Crippen LogP contribution < -0.4 is 0 Å². The molecule has 0 amide bonds. The summed E-state index contributed by atoms with van der Waals surface area (Å²) < 4.78 is 0. The van der Waals surface area contributed by atoms with Crippen molar-refractivity contribution in [2.75, 3.05) is 0 Å². The van der Waals surface area contributed by atoms with Crippen molar-refractivity contribution in [1.82, 2.24) is 0 Å². The zero-order chi connectivity index (χ0) is 19.1. The van der Waals surface area contributed by atoms with E-state index in [1.54, 1.807) is 12.1 Å². The molecule has 0 aliphatic carbocycles. The van der Waals surface area contributed by atoms with Crippen LogP contribution in [0.15, 0.2) is 54.6 Å². The van der Waals surface area contributed by atoms with E-state index in [4.69, 9.17) is 0 Å². The Morgan fingerprint density at radius 3 is 2.04 bits per heavy atom. The molecule has 0 saturated carbocycles. The Morgan fingerprint density at radius 2 is 1.46 bits per heavy atom. The van der Waals surface area contributed by atoms with Gasteiger partial charge in [-0.05, 0) is 41.5 Å². The number of rotatable bonds is 7. The lowest BCUT2D eigenvalue weighted by Crippen LogP contribution is -2.01. The molecule has 0 heterocycles. The van der Waals surface area contributed by atoms with Gasteiger partial charge >= 0.3 is 5.69 Å². The summed E-state index contributed by atoms with van der Waals surface area (Å²) >= 11 is 0. The Hall–Kier alpha value is -3.74. The number of hydrogen-bond donors (Lipinski definition) is 2. The lowest BCUT2D eigenvalue weighted by Gasteiger charge is -1.97. The summed E-state index contributed by atoms with van der Waals surface area (Å²) in [6.45, 7) is 0. The molecule has 0 unspecified atom stereocenters. The van der Waals surface area contributed by atoms with Crippen molar-refractivity contribution in [2.24, 2.45) is 0 Å². The maximum Gasteiger partial charge on any atom is 0.311 e. The fraction of sp³-hybridized carbons (Fsp3) is 0.0526. The van der Waals surface area contributed by atoms with Gasteiger partial charge in [-0.15, -0.1) is 0 Å². The van der Waals surface area contributed by atoms with Gasteiger partial charge in [0.05, 0.1) is 11.3 Å². The standard InChI is InChI=1S/C19H15NO6/c21-15-6-1-13(2-7-15)3-8-16(22)12-17(23)9-4-14-5-10-19(24)18(11-14)20(25)26/h1-11,21,24H,12H2/b8-3+,9-4+. The van der Waals surface area contributed by atoms with Crippen LogP contribution in [-0.4, -0.2) is 26.7 Å². The molecule has 0 spiro atoms. The van der Waals surface area contributed by atoms with Crippen molar-refractivity contribution in [2.45, 2.75) is 6.42 Å². The third-order valence-electron chi connectivity index (χ3n) is 3.36. The third-order valence-corrected chi connectivity index (χ3v) is 3.36. The minimum Gasteiger partial charge on any atom is -0.508 e. The van der Waals surface area contributed by atoms with Gasteiger partial charge < -0.3 is 10.2 Å². The zero-order valence-corrected chi connectivity index (χ0v) is 13.5. The van der Waals surface area contributed by atoms with Gasteiger partial charge in [0.2, 0.25) is 0 Å². The molecule has 0 aromatic heterocycles. The highest BCUT2D eigenvalue weighted by molar-refractivity contribution is 6.10. The van der Waals surface area contributed by atoms with Gasteiger partial charge in [-0.3, -0.25) is 19.7 Å². The maximum absolute atomic E-state index is 11.8. The molecule has 2 aromatic carbocycles. The minimum absolute atomic E-state index is 0.114. The highest BCUT2D eigenvalue weighted by Crippen LogP contribution is 2.26. The summed E-state index contributed by atoms with van der Waals surface area (Å²) in [5.41, 5.74) is 0.595. The molecule has 26 heavy (non-hydrogen) atoms. The number of nitro benzene ring substituents is 1. The van der Waals surface area contributed by atoms with E-state index in [0.29, 0.717) is 11.1 Å². The van der Waals surface area contributed by atoms with Crippen LogP contribution in [0.4, 0.5) is 5.69 Å². The Labute approximate surface area is 148 Å². The van der Waals surface area contributed by atoms with Crippen LogP contribution in [0, 0.1) is 10.1 Å². The van der Waals surface area contributed by atoms with Crippen molar-refractivity contribution in [3.05, 3.63) is 75.9 Å². The molecular formula is C19H15NO6. The first kappa shape index (κ1) is 18.6. The molecule has 0 radical (unpaired) electrons. The molecule has 2 aromatic rings. The number of aromatic hydroxyl groups is 2. The topological polar surface area (TPSA) is 118 Å². The number of benzene rings is 2. The summed E-state index contributed by atoms with van der Waals surface area (Å²) in [4.78, 5) is 33.6. The number of carbonyl (C=O) groups excluding carboxylic acids is 2. The summed E-state index contributed by atoms with van der Waals surface area (Å²) in [5, 5.41) is 29.3. The largest absolute Gasteiger partial charge is 0.508 e. The number of allylic oxidation sites excluding steroid dienone is 2. The first-order chi connectivity index (χ1) is 12.3. The van der Waals surface area contributed by atoms with Crippen molar-refractivity contribution >= 4 is 29.4 Å². The van der Waals surface area contributed by atoms with E-state index in [1.165, 1.54) is 36.4 Å². The average Bonchev–Trinajstić information content (AvgIpc) is 2.60. The van der Waals surface area contributed by atoms with Crippen LogP contribution in [0.5, 0.6) is 11.5 Å². The van der Waals surface area contributed by atoms with Crippen LogP contribution in [0.1, 0.15) is 17.5 Å². The molecule has 0 atom stereocenters. The van der Waals surface area contributed by atoms with Gasteiger partial charge in [0.1, 0.15) is 5.75 Å². The summed E-state index contributed by atoms with van der Waals surface area (Å²) in [5.74, 6) is -1.21. The number of nitrogens with zero attached hydrogens (tertiary/aromatic N) is 1. The fourth-order valence-electron chi connectivity index (χ4n) is 2.04. The SMILES string of the molecule is O=C(/C=C/c1ccc(O)cc1)CC(=O)/C=C/c1ccc(O)c([N+](=O)[O-])c1. The molecular weight excluding hydrogens is 338 g/mol. The van der Waals surface area contributed by atoms with Crippen molar-refractivity contribution in [1.29, 1.82) is 0 Å². The lowest BCUT2D eigenvalue weighted by molar-refractivity contribution is -0.385. The maximum atomic E-state index is 11.8. The Morgan fingerprint density at radius 1 is 0.923 bits per heavy atom. The van der Waals surface area contributed by atoms with Crippen LogP contribution in [-0.2, 0) is 9.59 Å². The molecule has 7 heteroatoms. The lowest BCUT2D eigenvalue weighted by atomic mass is 10.1. The van der Waals surface area contributed by atoms with Crippen LogP contribution in [0.2, 0.25) is 0 Å². The van der Waals surface area contributed by atoms with Crippen molar-refractivity contribution in [3.63, 3.8) is 0 Å². The summed E-state index contributed by atoms with van der Waals surface area (Å²) in [6.07, 6.45) is 4.95. The van der Waals surface area contributed by atoms with Gasteiger partial charge in [-0.2, -0.15) is 0 Å². The van der Waals surface area contributed by atoms with Gasteiger partial charge in [0.25, 0.3) is 0 Å². The van der Waals surface area contributed by atoms with E-state index in [-0.39, 0.29) is 12.2 Å². The van der Waals surface area contributed by atoms with Crippen molar-refractivity contribution in [3.8, 4) is 11.5 Å². The predicted octanol–water partition coefficient (Wildman–Crippen LogP) is 3.26. The molecule has 7 nitrogen and oxygen atoms in total. The molecule has 132 valence electrons. The molecule has 2 rings (SSSR count). The highest BCUT2D eigenvalue weighted by atomic mass is 16.6. The third kappa shape index (κ3) is 5.41. The molecule has 2 N–H and O–H groups in total. The molecule has 0 aliphatic rings. The normalized spacial score (nSPS) is 11.1. The predicted molar refractivity (Wildman–Crippen MR) is 95.6 cm³/mol. The van der Waals surface area contributed by atoms with E-state index in [0.717, 1.165) is 18.2 Å². The van der Waals surface area contributed by atoms with E-state index in [1.807, 2.05) is 0 Å². The van der Waals surface area contributed by atoms with Gasteiger partial charge in [-0.1, -0.05) is 30.4 Å². The fourth-order valence-corrected chi connectivity index (χ4v) is 2.04. The van der Waals surface area contributed by atoms with E-state index >= 15 is 0 Å². The molecule has 0 bridgehead atoms. The van der Waals surface area contributed by atoms with Gasteiger partial charge in [0.15, 0.2) is 17.3 Å². The Balaban J connectivity index is 1.96. The molecule has 0 saturated heterocycles. The first-order valence-electron chi connectivity index (χ1n) is 7.53. The second kappa shape index (κ2) is 8.39. The Bertz CT molecular complexity index is 897. The van der Waals surface area contributed by atoms with E-state index in [9.17, 15) is 29.9 Å². The van der Waals surface area contributed by atoms with Gasteiger partial charge in [-0.25, -0.2) is 0 Å². The van der Waals surface area contributed by atoms with Crippen molar-refractivity contribution < 1.29 is 24.7 Å². The van der Waals surface area contributed by atoms with E-state index < -0.39 is 27.9 Å². The van der Waals surface area contributed by atoms with Crippen LogP contribution >= 0.6 is 0 Å². The molecule has 0 aliphatic heterocycles. The number of hydrogen-bond acceptors (Lipinski definition) is 6. The number of ketones is 2. The number of nitro groups is 1. The zero-order valence-electron chi connectivity index (χ0n) is 13.5. The summed E-state index contributed by atoms with van der Waals surface area (Å²) in [6, 6.07) is 9.92. The van der Waals surface area contributed by atoms with Crippen LogP contribution in [0.3, 0.4) is 0 Å². The number of phenolic OH excluding ortho intramolecular Hbond substituents is 2. The second-order valence-electron chi connectivity index (χ2n) is 5.37. The summed E-state index contributed by atoms with van der Waals surface area (Å²) in [7, 11) is 0. The monoisotopic (exact) mass is 353 g/mol.